The van der Waals surface area contributed by atoms with Crippen LogP contribution in [0.4, 0.5) is 5.69 Å². The van der Waals surface area contributed by atoms with Gasteiger partial charge in [-0.15, -0.1) is 0 Å². The molecular formula is C28H39N5O3. The van der Waals surface area contributed by atoms with Crippen LogP contribution in [0.5, 0.6) is 5.75 Å². The summed E-state index contributed by atoms with van der Waals surface area (Å²) in [7, 11) is 7.72. The lowest BCUT2D eigenvalue weighted by atomic mass is 10.0. The third-order valence-electron chi connectivity index (χ3n) is 5.14. The molecule has 0 aliphatic rings. The van der Waals surface area contributed by atoms with Crippen molar-refractivity contribution < 1.29 is 14.3 Å². The minimum atomic E-state index is -0.404. The Morgan fingerprint density at radius 1 is 0.917 bits per heavy atom. The van der Waals surface area contributed by atoms with Crippen molar-refractivity contribution in [3.8, 4) is 5.75 Å². The zero-order valence-electron chi connectivity index (χ0n) is 22.9. The number of anilines is 1. The highest BCUT2D eigenvalue weighted by molar-refractivity contribution is 6.12. The number of hydrogen-bond acceptors (Lipinski definition) is 4. The molecule has 0 aromatic heterocycles. The van der Waals surface area contributed by atoms with Crippen molar-refractivity contribution in [3.63, 3.8) is 0 Å². The molecule has 0 N–H and O–H groups in total. The smallest absolute Gasteiger partial charge is 0.310 e. The summed E-state index contributed by atoms with van der Waals surface area (Å²) in [4.78, 5) is 41.2. The lowest BCUT2D eigenvalue weighted by molar-refractivity contribution is -0.134. The van der Waals surface area contributed by atoms with Crippen molar-refractivity contribution in [2.75, 3.05) is 33.1 Å². The van der Waals surface area contributed by atoms with Gasteiger partial charge in [-0.25, -0.2) is 4.99 Å². The lowest BCUT2D eigenvalue weighted by Gasteiger charge is -2.31. The Bertz CT molecular complexity index is 1100. The van der Waals surface area contributed by atoms with Crippen molar-refractivity contribution in [1.82, 2.24) is 9.80 Å². The molecule has 0 atom stereocenters. The third-order valence-corrected chi connectivity index (χ3v) is 5.14. The second kappa shape index (κ2) is 12.9. The van der Waals surface area contributed by atoms with Gasteiger partial charge in [0.15, 0.2) is 5.78 Å². The van der Waals surface area contributed by atoms with E-state index in [2.05, 4.69) is 0 Å². The molecular weight excluding hydrogens is 454 g/mol. The summed E-state index contributed by atoms with van der Waals surface area (Å²) in [5.74, 6) is 0.853. The molecule has 36 heavy (non-hydrogen) atoms. The normalized spacial score (nSPS) is 11.4. The molecule has 0 aliphatic carbocycles. The number of hydrogen-bond donors (Lipinski definition) is 0. The Morgan fingerprint density at radius 2 is 1.53 bits per heavy atom. The Balaban J connectivity index is 2.74. The van der Waals surface area contributed by atoms with Crippen LogP contribution >= 0.6 is 0 Å². The number of benzene rings is 2. The molecule has 194 valence electrons. The van der Waals surface area contributed by atoms with Gasteiger partial charge in [0.2, 0.25) is 11.9 Å². The molecule has 0 bridgehead atoms. The SMILES string of the molecule is CCC(=O)Oc1ccc(N(C(N=C(N(C)C)N(C)C)=NC(C)C)C(C)C)cc1C(=O)c1ccccc1. The van der Waals surface area contributed by atoms with Gasteiger partial charge in [0.1, 0.15) is 5.75 Å². The second-order valence-corrected chi connectivity index (χ2v) is 9.39. The molecule has 2 rings (SSSR count). The van der Waals surface area contributed by atoms with E-state index in [0.29, 0.717) is 17.1 Å². The second-order valence-electron chi connectivity index (χ2n) is 9.39. The number of aliphatic imine (C=N–C) groups is 2. The quantitative estimate of drug-likeness (QED) is 0.183. The summed E-state index contributed by atoms with van der Waals surface area (Å²) < 4.78 is 5.54. The standard InChI is InChI=1S/C28H39N5O3/c1-10-25(34)36-24-17-16-22(18-23(24)26(35)21-14-12-11-13-15-21)33(20(4)5)27(29-19(2)3)30-28(31(6)7)32(8)9/h11-20H,10H2,1-9H3. The van der Waals surface area contributed by atoms with Crippen LogP contribution < -0.4 is 9.64 Å². The average Bonchev–Trinajstić information content (AvgIpc) is 2.82. The fraction of sp³-hybridized carbons (Fsp3) is 0.429. The molecule has 0 aliphatic heterocycles. The topological polar surface area (TPSA) is 77.8 Å². The van der Waals surface area contributed by atoms with Crippen LogP contribution in [0, 0.1) is 0 Å². The first-order chi connectivity index (χ1) is 17.0. The molecule has 0 spiro atoms. The Hall–Kier alpha value is -3.68. The highest BCUT2D eigenvalue weighted by atomic mass is 16.5. The maximum absolute atomic E-state index is 13.5. The maximum Gasteiger partial charge on any atom is 0.310 e. The predicted octanol–water partition coefficient (Wildman–Crippen LogP) is 4.69. The minimum Gasteiger partial charge on any atom is -0.426 e. The number of guanidine groups is 2. The summed E-state index contributed by atoms with van der Waals surface area (Å²) in [5, 5.41) is 0. The summed E-state index contributed by atoms with van der Waals surface area (Å²) in [5.41, 5.74) is 1.54. The number of carbonyl (C=O) groups is 2. The van der Waals surface area contributed by atoms with Crippen LogP contribution in [0.15, 0.2) is 58.5 Å². The van der Waals surface area contributed by atoms with Crippen molar-refractivity contribution in [2.24, 2.45) is 9.98 Å². The van der Waals surface area contributed by atoms with E-state index in [-0.39, 0.29) is 30.0 Å². The molecule has 8 nitrogen and oxygen atoms in total. The maximum atomic E-state index is 13.5. The molecule has 2 aromatic carbocycles. The van der Waals surface area contributed by atoms with E-state index in [1.54, 1.807) is 43.3 Å². The highest BCUT2D eigenvalue weighted by Gasteiger charge is 2.24. The van der Waals surface area contributed by atoms with Crippen molar-refractivity contribution in [2.45, 2.75) is 53.1 Å². The van der Waals surface area contributed by atoms with Gasteiger partial charge in [0, 0.05) is 57.9 Å². The predicted molar refractivity (Wildman–Crippen MR) is 147 cm³/mol. The van der Waals surface area contributed by atoms with Crippen LogP contribution in [0.25, 0.3) is 0 Å². The summed E-state index contributed by atoms with van der Waals surface area (Å²) in [6, 6.07) is 14.2. The van der Waals surface area contributed by atoms with Crippen LogP contribution in [-0.4, -0.2) is 73.7 Å². The summed E-state index contributed by atoms with van der Waals surface area (Å²) >= 11 is 0. The van der Waals surface area contributed by atoms with Crippen LogP contribution in [0.2, 0.25) is 0 Å². The zero-order chi connectivity index (χ0) is 27.0. The fourth-order valence-electron chi connectivity index (χ4n) is 3.58. The first-order valence-corrected chi connectivity index (χ1v) is 12.2. The van der Waals surface area contributed by atoms with Gasteiger partial charge in [-0.1, -0.05) is 37.3 Å². The molecule has 0 radical (unpaired) electrons. The number of carbonyl (C=O) groups excluding carboxylic acids is 2. The van der Waals surface area contributed by atoms with E-state index >= 15 is 0 Å². The monoisotopic (exact) mass is 493 g/mol. The first kappa shape index (κ1) is 28.6. The van der Waals surface area contributed by atoms with E-state index in [1.807, 2.05) is 82.7 Å². The van der Waals surface area contributed by atoms with Crippen LogP contribution in [-0.2, 0) is 4.79 Å². The number of rotatable bonds is 7. The molecule has 2 aromatic rings. The van der Waals surface area contributed by atoms with Gasteiger partial charge in [-0.05, 0) is 45.9 Å². The summed E-state index contributed by atoms with van der Waals surface area (Å²) in [6.07, 6.45) is 0.205. The molecule has 8 heteroatoms. The minimum absolute atomic E-state index is 0.00854. The van der Waals surface area contributed by atoms with Crippen molar-refractivity contribution in [1.29, 1.82) is 0 Å². The lowest BCUT2D eigenvalue weighted by Crippen LogP contribution is -2.41. The number of nitrogens with zero attached hydrogens (tertiary/aromatic N) is 5. The van der Waals surface area contributed by atoms with Gasteiger partial charge in [0.05, 0.1) is 5.56 Å². The fourth-order valence-corrected chi connectivity index (χ4v) is 3.58. The molecule has 0 amide bonds. The van der Waals surface area contributed by atoms with Gasteiger partial charge in [0.25, 0.3) is 0 Å². The van der Waals surface area contributed by atoms with E-state index in [9.17, 15) is 9.59 Å². The van der Waals surface area contributed by atoms with E-state index in [1.165, 1.54) is 0 Å². The molecule has 0 unspecified atom stereocenters. The van der Waals surface area contributed by atoms with Crippen LogP contribution in [0.3, 0.4) is 0 Å². The van der Waals surface area contributed by atoms with Crippen molar-refractivity contribution >= 4 is 29.4 Å². The van der Waals surface area contributed by atoms with E-state index in [4.69, 9.17) is 14.7 Å². The van der Waals surface area contributed by atoms with Crippen LogP contribution in [0.1, 0.15) is 57.0 Å². The molecule has 0 saturated heterocycles. The van der Waals surface area contributed by atoms with Crippen molar-refractivity contribution in [3.05, 3.63) is 59.7 Å². The largest absolute Gasteiger partial charge is 0.426 e. The Morgan fingerprint density at radius 3 is 2.03 bits per heavy atom. The van der Waals surface area contributed by atoms with Gasteiger partial charge in [-0.3, -0.25) is 9.59 Å². The number of esters is 1. The number of ether oxygens (including phenoxy) is 1. The molecule has 0 saturated carbocycles. The number of ketones is 1. The molecule has 0 fully saturated rings. The highest BCUT2D eigenvalue weighted by Crippen LogP contribution is 2.30. The Labute approximate surface area is 215 Å². The van der Waals surface area contributed by atoms with Gasteiger partial charge in [-0.2, -0.15) is 4.99 Å². The third kappa shape index (κ3) is 7.41. The van der Waals surface area contributed by atoms with Gasteiger partial charge < -0.3 is 19.4 Å². The van der Waals surface area contributed by atoms with Gasteiger partial charge >= 0.3 is 5.97 Å². The summed E-state index contributed by atoms with van der Waals surface area (Å²) in [6.45, 7) is 9.79. The first-order valence-electron chi connectivity index (χ1n) is 12.2. The Kier molecular flexibility index (Phi) is 10.2. The molecule has 0 heterocycles. The van der Waals surface area contributed by atoms with E-state index in [0.717, 1.165) is 11.6 Å². The zero-order valence-corrected chi connectivity index (χ0v) is 22.9. The van der Waals surface area contributed by atoms with E-state index < -0.39 is 5.97 Å². The average molecular weight is 494 g/mol.